The van der Waals surface area contributed by atoms with Crippen molar-refractivity contribution in [3.63, 3.8) is 0 Å². The van der Waals surface area contributed by atoms with Crippen LogP contribution in [0, 0.1) is 11.6 Å². The summed E-state index contributed by atoms with van der Waals surface area (Å²) in [6.45, 7) is 1.69. The predicted molar refractivity (Wildman–Crippen MR) is 69.2 cm³/mol. The van der Waals surface area contributed by atoms with Gasteiger partial charge in [-0.2, -0.15) is 0 Å². The summed E-state index contributed by atoms with van der Waals surface area (Å²) >= 11 is 1.16. The molecule has 7 heteroatoms. The second-order valence-corrected chi connectivity index (χ2v) is 5.35. The Hall–Kier alpha value is -1.63. The van der Waals surface area contributed by atoms with Crippen molar-refractivity contribution in [1.82, 2.24) is 0 Å². The minimum absolute atomic E-state index is 0.0204. The summed E-state index contributed by atoms with van der Waals surface area (Å²) in [5, 5.41) is 10.7. The lowest BCUT2D eigenvalue weighted by Crippen LogP contribution is -2.17. The molecule has 0 radical (unpaired) electrons. The van der Waals surface area contributed by atoms with Gasteiger partial charge >= 0.3 is 5.97 Å². The summed E-state index contributed by atoms with van der Waals surface area (Å²) in [7, 11) is 0. The second kappa shape index (κ2) is 7.08. The minimum Gasteiger partial charge on any atom is -0.481 e. The number of carbonyl (C=O) groups is 2. The number of halogens is 2. The predicted octanol–water partition coefficient (Wildman–Crippen LogP) is 2.50. The number of anilines is 1. The van der Waals surface area contributed by atoms with E-state index in [9.17, 15) is 18.4 Å². The van der Waals surface area contributed by atoms with Gasteiger partial charge in [0.1, 0.15) is 11.6 Å². The maximum Gasteiger partial charge on any atom is 0.304 e. The van der Waals surface area contributed by atoms with E-state index in [0.29, 0.717) is 6.07 Å². The first-order valence-electron chi connectivity index (χ1n) is 5.46. The fraction of sp³-hybridized carbons (Fsp3) is 0.333. The molecule has 0 bridgehead atoms. The normalized spacial score (nSPS) is 11.9. The van der Waals surface area contributed by atoms with Crippen molar-refractivity contribution in [2.45, 2.75) is 18.6 Å². The Kier molecular flexibility index (Phi) is 5.75. The molecule has 0 aliphatic rings. The Morgan fingerprint density at radius 1 is 1.32 bits per heavy atom. The lowest BCUT2D eigenvalue weighted by atomic mass is 10.3. The number of benzene rings is 1. The maximum absolute atomic E-state index is 12.9. The lowest BCUT2D eigenvalue weighted by molar-refractivity contribution is -0.136. The SMILES string of the molecule is CC(CC(=O)O)SCC(=O)Nc1cc(F)cc(F)c1. The van der Waals surface area contributed by atoms with E-state index in [0.717, 1.165) is 23.9 Å². The molecular weight excluding hydrogens is 276 g/mol. The summed E-state index contributed by atoms with van der Waals surface area (Å²) in [6.07, 6.45) is -0.0491. The van der Waals surface area contributed by atoms with Crippen molar-refractivity contribution in [2.24, 2.45) is 0 Å². The fourth-order valence-electron chi connectivity index (χ4n) is 1.35. The van der Waals surface area contributed by atoms with E-state index in [1.165, 1.54) is 0 Å². The van der Waals surface area contributed by atoms with Crippen LogP contribution >= 0.6 is 11.8 Å². The van der Waals surface area contributed by atoms with Gasteiger partial charge in [0.2, 0.25) is 5.91 Å². The second-order valence-electron chi connectivity index (χ2n) is 3.93. The maximum atomic E-state index is 12.9. The zero-order valence-corrected chi connectivity index (χ0v) is 11.0. The third kappa shape index (κ3) is 6.19. The highest BCUT2D eigenvalue weighted by molar-refractivity contribution is 8.00. The Morgan fingerprint density at radius 2 is 1.89 bits per heavy atom. The van der Waals surface area contributed by atoms with Crippen molar-refractivity contribution in [3.05, 3.63) is 29.8 Å². The van der Waals surface area contributed by atoms with E-state index in [1.807, 2.05) is 0 Å². The van der Waals surface area contributed by atoms with Crippen LogP contribution in [0.25, 0.3) is 0 Å². The molecule has 0 saturated heterocycles. The fourth-order valence-corrected chi connectivity index (χ4v) is 2.11. The van der Waals surface area contributed by atoms with Gasteiger partial charge in [-0.3, -0.25) is 9.59 Å². The highest BCUT2D eigenvalue weighted by Gasteiger charge is 2.11. The van der Waals surface area contributed by atoms with Crippen LogP contribution in [0.5, 0.6) is 0 Å². The quantitative estimate of drug-likeness (QED) is 0.844. The number of carboxylic acid groups (broad SMARTS) is 1. The third-order valence-corrected chi connectivity index (χ3v) is 3.27. The molecule has 1 aromatic rings. The molecule has 1 unspecified atom stereocenters. The van der Waals surface area contributed by atoms with Gasteiger partial charge in [0.25, 0.3) is 0 Å². The van der Waals surface area contributed by atoms with Gasteiger partial charge in [-0.15, -0.1) is 11.8 Å². The number of carboxylic acids is 1. The first-order valence-corrected chi connectivity index (χ1v) is 6.51. The van der Waals surface area contributed by atoms with Gasteiger partial charge in [-0.1, -0.05) is 6.92 Å². The van der Waals surface area contributed by atoms with Crippen LogP contribution in [0.2, 0.25) is 0 Å². The van der Waals surface area contributed by atoms with E-state index in [1.54, 1.807) is 6.92 Å². The first-order chi connectivity index (χ1) is 8.86. The Morgan fingerprint density at radius 3 is 2.42 bits per heavy atom. The topological polar surface area (TPSA) is 66.4 Å². The van der Waals surface area contributed by atoms with Crippen molar-refractivity contribution in [1.29, 1.82) is 0 Å². The van der Waals surface area contributed by atoms with Gasteiger partial charge in [0, 0.05) is 17.0 Å². The van der Waals surface area contributed by atoms with E-state index >= 15 is 0 Å². The van der Waals surface area contributed by atoms with Gasteiger partial charge < -0.3 is 10.4 Å². The van der Waals surface area contributed by atoms with Crippen LogP contribution < -0.4 is 5.32 Å². The van der Waals surface area contributed by atoms with Gasteiger partial charge in [0.15, 0.2) is 0 Å². The zero-order valence-electron chi connectivity index (χ0n) is 10.2. The molecular formula is C12H13F2NO3S. The van der Waals surface area contributed by atoms with E-state index < -0.39 is 23.5 Å². The Balaban J connectivity index is 2.45. The number of rotatable bonds is 6. The van der Waals surface area contributed by atoms with E-state index in [2.05, 4.69) is 5.32 Å². The minimum atomic E-state index is -0.937. The van der Waals surface area contributed by atoms with Gasteiger partial charge in [0.05, 0.1) is 12.2 Å². The largest absolute Gasteiger partial charge is 0.481 e. The number of carbonyl (C=O) groups excluding carboxylic acids is 1. The molecule has 1 aromatic carbocycles. The lowest BCUT2D eigenvalue weighted by Gasteiger charge is -2.09. The van der Waals surface area contributed by atoms with Crippen LogP contribution in [0.15, 0.2) is 18.2 Å². The molecule has 0 aromatic heterocycles. The molecule has 1 atom stereocenters. The van der Waals surface area contributed by atoms with Gasteiger partial charge in [-0.25, -0.2) is 8.78 Å². The number of hydrogen-bond donors (Lipinski definition) is 2. The number of nitrogens with one attached hydrogen (secondary N) is 1. The number of amides is 1. The van der Waals surface area contributed by atoms with Crippen molar-refractivity contribution in [3.8, 4) is 0 Å². The molecule has 19 heavy (non-hydrogen) atoms. The smallest absolute Gasteiger partial charge is 0.304 e. The first kappa shape index (κ1) is 15.4. The Labute approximate surface area is 113 Å². The van der Waals surface area contributed by atoms with Crippen LogP contribution in [-0.2, 0) is 9.59 Å². The molecule has 0 aliphatic heterocycles. The van der Waals surface area contributed by atoms with Crippen LogP contribution in [-0.4, -0.2) is 28.0 Å². The van der Waals surface area contributed by atoms with Crippen molar-refractivity contribution < 1.29 is 23.5 Å². The molecule has 0 heterocycles. The van der Waals surface area contributed by atoms with Crippen molar-refractivity contribution in [2.75, 3.05) is 11.1 Å². The molecule has 4 nitrogen and oxygen atoms in total. The Bertz CT molecular complexity index is 462. The van der Waals surface area contributed by atoms with Crippen LogP contribution in [0.4, 0.5) is 14.5 Å². The molecule has 0 spiro atoms. The van der Waals surface area contributed by atoms with Crippen molar-refractivity contribution >= 4 is 29.3 Å². The zero-order chi connectivity index (χ0) is 14.4. The molecule has 1 rings (SSSR count). The third-order valence-electron chi connectivity index (χ3n) is 2.11. The summed E-state index contributed by atoms with van der Waals surface area (Å²) in [5.41, 5.74) is 0.0361. The molecule has 0 fully saturated rings. The molecule has 0 aliphatic carbocycles. The summed E-state index contributed by atoms with van der Waals surface area (Å²) in [6, 6.07) is 2.72. The molecule has 1 amide bonds. The van der Waals surface area contributed by atoms with Gasteiger partial charge in [-0.05, 0) is 12.1 Å². The molecule has 2 N–H and O–H groups in total. The number of thioether (sulfide) groups is 1. The van der Waals surface area contributed by atoms with E-state index in [-0.39, 0.29) is 23.1 Å². The summed E-state index contributed by atoms with van der Waals surface area (Å²) in [4.78, 5) is 21.9. The average Bonchev–Trinajstić information content (AvgIpc) is 2.23. The molecule has 104 valence electrons. The monoisotopic (exact) mass is 289 g/mol. The number of hydrogen-bond acceptors (Lipinski definition) is 3. The highest BCUT2D eigenvalue weighted by atomic mass is 32.2. The van der Waals surface area contributed by atoms with E-state index in [4.69, 9.17) is 5.11 Å². The number of aliphatic carboxylic acids is 1. The standard InChI is InChI=1S/C12H13F2NO3S/c1-7(2-12(17)18)19-6-11(16)15-10-4-8(13)3-9(14)5-10/h3-5,7H,2,6H2,1H3,(H,15,16)(H,17,18). The highest BCUT2D eigenvalue weighted by Crippen LogP contribution is 2.16. The summed E-state index contributed by atoms with van der Waals surface area (Å²) < 4.78 is 25.7. The molecule has 0 saturated carbocycles. The van der Waals surface area contributed by atoms with Crippen LogP contribution in [0.1, 0.15) is 13.3 Å². The van der Waals surface area contributed by atoms with Crippen LogP contribution in [0.3, 0.4) is 0 Å². The summed E-state index contributed by atoms with van der Waals surface area (Å²) in [5.74, 6) is -2.91. The average molecular weight is 289 g/mol.